The molecule has 1 heterocycles. The lowest BCUT2D eigenvalue weighted by atomic mass is 9.88. The van der Waals surface area contributed by atoms with Gasteiger partial charge >= 0.3 is 5.97 Å². The number of rotatable bonds is 15. The molecule has 3 amide bonds. The van der Waals surface area contributed by atoms with Crippen molar-refractivity contribution in [3.63, 3.8) is 0 Å². The zero-order valence-corrected chi connectivity index (χ0v) is 30.6. The maximum atomic E-state index is 14.3. The van der Waals surface area contributed by atoms with E-state index >= 15 is 0 Å². The number of halogens is 4. The zero-order chi connectivity index (χ0) is 36.5. The molecule has 0 bridgehead atoms. The van der Waals surface area contributed by atoms with E-state index in [1.807, 2.05) is 60.7 Å². The van der Waals surface area contributed by atoms with Crippen molar-refractivity contribution in [1.29, 1.82) is 0 Å². The van der Waals surface area contributed by atoms with Gasteiger partial charge in [0, 0.05) is 35.3 Å². The first-order valence-electron chi connectivity index (χ1n) is 16.5. The van der Waals surface area contributed by atoms with Gasteiger partial charge in [-0.1, -0.05) is 131 Å². The fraction of sp³-hybridized carbons (Fsp3) is 0.282. The highest BCUT2D eigenvalue weighted by Gasteiger charge is 2.44. The Morgan fingerprint density at radius 3 is 1.78 bits per heavy atom. The van der Waals surface area contributed by atoms with Crippen LogP contribution in [-0.4, -0.2) is 80.2 Å². The number of piperazine rings is 1. The van der Waals surface area contributed by atoms with Crippen LogP contribution in [0.4, 0.5) is 0 Å². The molecule has 1 aliphatic heterocycles. The van der Waals surface area contributed by atoms with E-state index in [2.05, 4.69) is 0 Å². The van der Waals surface area contributed by atoms with Crippen molar-refractivity contribution in [3.05, 3.63) is 141 Å². The summed E-state index contributed by atoms with van der Waals surface area (Å²) in [4.78, 5) is 58.0. The molecule has 0 spiro atoms. The normalized spacial score (nSPS) is 15.9. The monoisotopic (exact) mass is 767 g/mol. The molecule has 0 saturated carbocycles. The first kappa shape index (κ1) is 38.2. The van der Waals surface area contributed by atoms with Crippen molar-refractivity contribution in [2.24, 2.45) is 0 Å². The number of hydrogen-bond donors (Lipinski definition) is 1. The molecular formula is C39H37Cl4N3O5. The Morgan fingerprint density at radius 2 is 1.27 bits per heavy atom. The fourth-order valence-electron chi connectivity index (χ4n) is 6.32. The second-order valence-electron chi connectivity index (χ2n) is 12.4. The average Bonchev–Trinajstić information content (AvgIpc) is 3.12. The summed E-state index contributed by atoms with van der Waals surface area (Å²) in [5.74, 6) is -2.94. The molecular weight excluding hydrogens is 732 g/mol. The summed E-state index contributed by atoms with van der Waals surface area (Å²) in [6.45, 7) is -0.818. The molecule has 51 heavy (non-hydrogen) atoms. The van der Waals surface area contributed by atoms with Crippen LogP contribution in [0.15, 0.2) is 109 Å². The smallest absolute Gasteiger partial charge is 0.323 e. The summed E-state index contributed by atoms with van der Waals surface area (Å²) >= 11 is 25.6. The zero-order valence-electron chi connectivity index (χ0n) is 27.6. The van der Waals surface area contributed by atoms with Crippen molar-refractivity contribution in [3.8, 4) is 0 Å². The number of hydrogen-bond acceptors (Lipinski definition) is 4. The summed E-state index contributed by atoms with van der Waals surface area (Å²) in [7, 11) is 0. The fourth-order valence-corrected chi connectivity index (χ4v) is 7.27. The number of carbonyl (C=O) groups is 4. The lowest BCUT2D eigenvalue weighted by molar-refractivity contribution is -0.159. The molecule has 0 radical (unpaired) electrons. The predicted octanol–water partition coefficient (Wildman–Crippen LogP) is 7.47. The van der Waals surface area contributed by atoms with Gasteiger partial charge in [0.1, 0.15) is 30.1 Å². The summed E-state index contributed by atoms with van der Waals surface area (Å²) in [5, 5.41) is 10.8. The van der Waals surface area contributed by atoms with E-state index in [0.717, 1.165) is 27.2 Å². The molecule has 1 aliphatic rings. The van der Waals surface area contributed by atoms with E-state index in [9.17, 15) is 24.3 Å². The number of aliphatic carboxylic acids is 1. The molecule has 0 aliphatic carbocycles. The standard InChI is InChI=1S/C39H37Cl4N3O5/c40-30-15-11-26(12-16-30)21-34(42)45(25-38(49)50)36(47)23-33-39(51)46(35(43)22-27-13-17-31(41)18-14-27)24-37(48)44(33)20-19-32(28-7-3-1-4-8-28)29-9-5-2-6-10-29/h1-18,32-35H,19-25H2,(H,49,50). The molecule has 0 aromatic heterocycles. The van der Waals surface area contributed by atoms with Crippen molar-refractivity contribution in [2.75, 3.05) is 19.6 Å². The highest BCUT2D eigenvalue weighted by molar-refractivity contribution is 6.30. The molecule has 1 N–H and O–H groups in total. The van der Waals surface area contributed by atoms with E-state index in [1.54, 1.807) is 48.5 Å². The Kier molecular flexibility index (Phi) is 13.4. The van der Waals surface area contributed by atoms with E-state index in [1.165, 1.54) is 9.80 Å². The summed E-state index contributed by atoms with van der Waals surface area (Å²) in [5.41, 5.74) is 1.67. The Bertz CT molecular complexity index is 1760. The van der Waals surface area contributed by atoms with Gasteiger partial charge in [0.15, 0.2) is 0 Å². The molecule has 4 aromatic rings. The van der Waals surface area contributed by atoms with Crippen LogP contribution < -0.4 is 0 Å². The Morgan fingerprint density at radius 1 is 0.765 bits per heavy atom. The minimum absolute atomic E-state index is 0.106. The number of alkyl halides is 2. The van der Waals surface area contributed by atoms with Crippen LogP contribution in [0.1, 0.15) is 41.0 Å². The Balaban J connectivity index is 1.42. The molecule has 12 heteroatoms. The van der Waals surface area contributed by atoms with E-state index in [-0.39, 0.29) is 37.8 Å². The minimum Gasteiger partial charge on any atom is -0.480 e. The van der Waals surface area contributed by atoms with E-state index < -0.39 is 47.8 Å². The van der Waals surface area contributed by atoms with Crippen LogP contribution in [0.2, 0.25) is 10.0 Å². The number of nitrogens with zero attached hydrogens (tertiary/aromatic N) is 3. The molecule has 4 aromatic carbocycles. The molecule has 8 nitrogen and oxygen atoms in total. The quantitative estimate of drug-likeness (QED) is 0.100. The molecule has 3 unspecified atom stereocenters. The second-order valence-corrected chi connectivity index (χ2v) is 14.3. The highest BCUT2D eigenvalue weighted by Crippen LogP contribution is 2.31. The SMILES string of the molecule is O=C(O)CN(C(=O)CC1C(=O)N(C(Cl)Cc2ccc(Cl)cc2)CC(=O)N1CCC(c1ccccc1)c1ccccc1)C(Cl)Cc1ccc(Cl)cc1. The summed E-state index contributed by atoms with van der Waals surface area (Å²) in [6.07, 6.45) is 0.342. The van der Waals surface area contributed by atoms with Crippen molar-refractivity contribution >= 4 is 70.1 Å². The Labute approximate surface area is 317 Å². The molecule has 3 atom stereocenters. The van der Waals surface area contributed by atoms with Gasteiger partial charge in [-0.3, -0.25) is 19.2 Å². The van der Waals surface area contributed by atoms with E-state index in [0.29, 0.717) is 16.5 Å². The molecule has 5 rings (SSSR count). The van der Waals surface area contributed by atoms with Crippen LogP contribution in [0, 0.1) is 0 Å². The lowest BCUT2D eigenvalue weighted by Gasteiger charge is -2.43. The van der Waals surface area contributed by atoms with Gasteiger partial charge in [0.05, 0.1) is 6.42 Å². The third kappa shape index (κ3) is 10.3. The highest BCUT2D eigenvalue weighted by atomic mass is 35.5. The lowest BCUT2D eigenvalue weighted by Crippen LogP contribution is -2.63. The van der Waals surface area contributed by atoms with E-state index in [4.69, 9.17) is 46.4 Å². The maximum Gasteiger partial charge on any atom is 0.323 e. The summed E-state index contributed by atoms with van der Waals surface area (Å²) in [6, 6.07) is 32.3. The molecule has 1 fully saturated rings. The molecule has 266 valence electrons. The largest absolute Gasteiger partial charge is 0.480 e. The topological polar surface area (TPSA) is 98.2 Å². The van der Waals surface area contributed by atoms with Gasteiger partial charge < -0.3 is 19.8 Å². The minimum atomic E-state index is -1.27. The van der Waals surface area contributed by atoms with Gasteiger partial charge in [-0.25, -0.2) is 0 Å². The van der Waals surface area contributed by atoms with Gasteiger partial charge in [0.2, 0.25) is 17.7 Å². The van der Waals surface area contributed by atoms with Crippen molar-refractivity contribution < 1.29 is 24.3 Å². The van der Waals surface area contributed by atoms with Crippen LogP contribution >= 0.6 is 46.4 Å². The first-order valence-corrected chi connectivity index (χ1v) is 18.1. The van der Waals surface area contributed by atoms with Gasteiger partial charge in [0.25, 0.3) is 0 Å². The predicted molar refractivity (Wildman–Crippen MR) is 200 cm³/mol. The third-order valence-corrected chi connectivity index (χ3v) is 10.2. The second kappa shape index (κ2) is 17.9. The van der Waals surface area contributed by atoms with Crippen LogP contribution in [0.5, 0.6) is 0 Å². The first-order chi connectivity index (χ1) is 24.5. The van der Waals surface area contributed by atoms with Crippen molar-refractivity contribution in [1.82, 2.24) is 14.7 Å². The Hall–Kier alpha value is -4.08. The van der Waals surface area contributed by atoms with Crippen LogP contribution in [0.3, 0.4) is 0 Å². The number of carboxylic acid groups (broad SMARTS) is 1. The number of benzene rings is 4. The molecule has 1 saturated heterocycles. The van der Waals surface area contributed by atoms with Crippen LogP contribution in [0.25, 0.3) is 0 Å². The maximum absolute atomic E-state index is 14.3. The number of amides is 3. The van der Waals surface area contributed by atoms with Gasteiger partial charge in [-0.05, 0) is 52.9 Å². The summed E-state index contributed by atoms with van der Waals surface area (Å²) < 4.78 is 0. The van der Waals surface area contributed by atoms with Crippen molar-refractivity contribution in [2.45, 2.75) is 48.6 Å². The van der Waals surface area contributed by atoms with Gasteiger partial charge in [-0.15, -0.1) is 0 Å². The average molecular weight is 770 g/mol. The van der Waals surface area contributed by atoms with Gasteiger partial charge in [-0.2, -0.15) is 0 Å². The number of carboxylic acids is 1. The van der Waals surface area contributed by atoms with Crippen LogP contribution in [-0.2, 0) is 32.0 Å². The third-order valence-electron chi connectivity index (χ3n) is 8.94. The number of carbonyl (C=O) groups excluding carboxylic acids is 3.